The number of hydrogen-bond acceptors (Lipinski definition) is 2. The molecular formula is C6H7Cl2NS. The van der Waals surface area contributed by atoms with E-state index in [1.54, 1.807) is 6.07 Å². The van der Waals surface area contributed by atoms with Gasteiger partial charge in [0.15, 0.2) is 0 Å². The Labute approximate surface area is 73.7 Å². The van der Waals surface area contributed by atoms with Crippen molar-refractivity contribution in [1.82, 2.24) is 0 Å². The van der Waals surface area contributed by atoms with Crippen LogP contribution in [0.25, 0.3) is 0 Å². The molecule has 0 aromatic carbocycles. The van der Waals surface area contributed by atoms with Gasteiger partial charge in [-0.2, -0.15) is 0 Å². The molecule has 0 amide bonds. The summed E-state index contributed by atoms with van der Waals surface area (Å²) in [5, 5.41) is 0. The van der Waals surface area contributed by atoms with Crippen LogP contribution in [0.5, 0.6) is 0 Å². The van der Waals surface area contributed by atoms with Gasteiger partial charge in [0.2, 0.25) is 0 Å². The first-order valence-corrected chi connectivity index (χ1v) is 4.39. The normalized spacial score (nSPS) is 13.6. The van der Waals surface area contributed by atoms with Crippen molar-refractivity contribution in [2.75, 3.05) is 0 Å². The molecule has 0 saturated heterocycles. The fourth-order valence-corrected chi connectivity index (χ4v) is 2.33. The van der Waals surface area contributed by atoms with Crippen LogP contribution in [0.15, 0.2) is 6.07 Å². The van der Waals surface area contributed by atoms with Gasteiger partial charge in [-0.05, 0) is 18.6 Å². The maximum atomic E-state index is 5.79. The Morgan fingerprint density at radius 3 is 2.40 bits per heavy atom. The van der Waals surface area contributed by atoms with Gasteiger partial charge in [0.05, 0.1) is 8.67 Å². The smallest absolute Gasteiger partial charge is 0.0991 e. The second-order valence-corrected chi connectivity index (χ2v) is 4.35. The Bertz CT molecular complexity index is 232. The monoisotopic (exact) mass is 195 g/mol. The Kier molecular flexibility index (Phi) is 2.58. The first-order valence-electron chi connectivity index (χ1n) is 2.81. The maximum Gasteiger partial charge on any atom is 0.0991 e. The topological polar surface area (TPSA) is 26.0 Å². The van der Waals surface area contributed by atoms with Crippen molar-refractivity contribution in [2.24, 2.45) is 5.73 Å². The van der Waals surface area contributed by atoms with Crippen molar-refractivity contribution in [3.8, 4) is 0 Å². The largest absolute Gasteiger partial charge is 0.324 e. The van der Waals surface area contributed by atoms with Gasteiger partial charge < -0.3 is 5.73 Å². The van der Waals surface area contributed by atoms with Crippen molar-refractivity contribution < 1.29 is 0 Å². The van der Waals surface area contributed by atoms with E-state index in [-0.39, 0.29) is 6.04 Å². The number of rotatable bonds is 1. The maximum absolute atomic E-state index is 5.79. The molecule has 0 spiro atoms. The molecule has 0 bridgehead atoms. The Balaban J connectivity index is 3.03. The van der Waals surface area contributed by atoms with Crippen molar-refractivity contribution >= 4 is 34.5 Å². The van der Waals surface area contributed by atoms with Gasteiger partial charge in [0.25, 0.3) is 0 Å². The van der Waals surface area contributed by atoms with E-state index in [2.05, 4.69) is 0 Å². The predicted molar refractivity (Wildman–Crippen MR) is 46.9 cm³/mol. The van der Waals surface area contributed by atoms with Gasteiger partial charge in [-0.15, -0.1) is 11.3 Å². The number of hydrogen-bond donors (Lipinski definition) is 1. The summed E-state index contributed by atoms with van der Waals surface area (Å²) >= 11 is 12.8. The predicted octanol–water partition coefficient (Wildman–Crippen LogP) is 3.07. The second-order valence-electron chi connectivity index (χ2n) is 2.07. The van der Waals surface area contributed by atoms with Crippen LogP contribution in [0.4, 0.5) is 0 Å². The molecule has 10 heavy (non-hydrogen) atoms. The minimum Gasteiger partial charge on any atom is -0.324 e. The zero-order valence-corrected chi connectivity index (χ0v) is 7.72. The van der Waals surface area contributed by atoms with E-state index in [1.165, 1.54) is 11.3 Å². The van der Waals surface area contributed by atoms with E-state index in [9.17, 15) is 0 Å². The molecule has 4 heteroatoms. The van der Waals surface area contributed by atoms with E-state index in [4.69, 9.17) is 28.9 Å². The first kappa shape index (κ1) is 8.34. The standard InChI is InChI=1S/C6H7Cl2NS/c1-3(9)4-2-5(7)10-6(4)8/h2-3H,9H2,1H3. The summed E-state index contributed by atoms with van der Waals surface area (Å²) in [5.41, 5.74) is 6.52. The molecule has 0 radical (unpaired) electrons. The molecule has 1 rings (SSSR count). The van der Waals surface area contributed by atoms with Crippen LogP contribution < -0.4 is 5.73 Å². The van der Waals surface area contributed by atoms with Crippen LogP contribution >= 0.6 is 34.5 Å². The third-order valence-corrected chi connectivity index (χ3v) is 2.69. The number of thiophene rings is 1. The Morgan fingerprint density at radius 2 is 2.20 bits per heavy atom. The minimum absolute atomic E-state index is 0.0313. The molecule has 0 saturated carbocycles. The van der Waals surface area contributed by atoms with Gasteiger partial charge in [-0.25, -0.2) is 0 Å². The molecule has 56 valence electrons. The molecule has 2 N–H and O–H groups in total. The highest BCUT2D eigenvalue weighted by atomic mass is 35.5. The summed E-state index contributed by atoms with van der Waals surface area (Å²) in [6, 6.07) is 1.77. The van der Waals surface area contributed by atoms with Crippen molar-refractivity contribution in [1.29, 1.82) is 0 Å². The molecule has 1 aromatic heterocycles. The fraction of sp³-hybridized carbons (Fsp3) is 0.333. The molecular weight excluding hydrogens is 189 g/mol. The zero-order valence-electron chi connectivity index (χ0n) is 5.40. The van der Waals surface area contributed by atoms with Gasteiger partial charge in [-0.1, -0.05) is 23.2 Å². The highest BCUT2D eigenvalue weighted by Crippen LogP contribution is 2.33. The lowest BCUT2D eigenvalue weighted by Gasteiger charge is -1.99. The average Bonchev–Trinajstić information content (AvgIpc) is 2.10. The van der Waals surface area contributed by atoms with Crippen LogP contribution in [0, 0.1) is 0 Å². The molecule has 1 heterocycles. The highest BCUT2D eigenvalue weighted by Gasteiger charge is 2.08. The third-order valence-electron chi connectivity index (χ3n) is 1.17. The summed E-state index contributed by atoms with van der Waals surface area (Å²) in [4.78, 5) is 0. The van der Waals surface area contributed by atoms with Gasteiger partial charge in [-0.3, -0.25) is 0 Å². The summed E-state index contributed by atoms with van der Waals surface area (Å²) in [6.45, 7) is 1.88. The molecule has 1 nitrogen and oxygen atoms in total. The lowest BCUT2D eigenvalue weighted by Crippen LogP contribution is -2.03. The van der Waals surface area contributed by atoms with Crippen LogP contribution in [0.2, 0.25) is 8.67 Å². The molecule has 1 unspecified atom stereocenters. The summed E-state index contributed by atoms with van der Waals surface area (Å²) in [5.74, 6) is 0. The average molecular weight is 196 g/mol. The van der Waals surface area contributed by atoms with Crippen molar-refractivity contribution in [3.63, 3.8) is 0 Å². The summed E-state index contributed by atoms with van der Waals surface area (Å²) in [7, 11) is 0. The Hall–Kier alpha value is 0.240. The van der Waals surface area contributed by atoms with Crippen LogP contribution in [-0.4, -0.2) is 0 Å². The van der Waals surface area contributed by atoms with E-state index in [0.717, 1.165) is 5.56 Å². The van der Waals surface area contributed by atoms with E-state index >= 15 is 0 Å². The van der Waals surface area contributed by atoms with Gasteiger partial charge in [0, 0.05) is 6.04 Å². The molecule has 0 aliphatic heterocycles. The lowest BCUT2D eigenvalue weighted by atomic mass is 10.2. The van der Waals surface area contributed by atoms with Crippen molar-refractivity contribution in [2.45, 2.75) is 13.0 Å². The van der Waals surface area contributed by atoms with E-state index in [1.807, 2.05) is 6.92 Å². The molecule has 0 aliphatic carbocycles. The highest BCUT2D eigenvalue weighted by molar-refractivity contribution is 7.20. The molecule has 1 atom stereocenters. The molecule has 1 aromatic rings. The first-order chi connectivity index (χ1) is 4.61. The van der Waals surface area contributed by atoms with Crippen LogP contribution in [0.3, 0.4) is 0 Å². The fourth-order valence-electron chi connectivity index (χ4n) is 0.663. The van der Waals surface area contributed by atoms with Crippen LogP contribution in [0.1, 0.15) is 18.5 Å². The van der Waals surface area contributed by atoms with Gasteiger partial charge >= 0.3 is 0 Å². The molecule has 0 aliphatic rings. The van der Waals surface area contributed by atoms with E-state index < -0.39 is 0 Å². The van der Waals surface area contributed by atoms with Gasteiger partial charge in [0.1, 0.15) is 0 Å². The van der Waals surface area contributed by atoms with Crippen LogP contribution in [-0.2, 0) is 0 Å². The molecule has 0 fully saturated rings. The second kappa shape index (κ2) is 3.09. The SMILES string of the molecule is CC(N)c1cc(Cl)sc1Cl. The number of halogens is 2. The Morgan fingerprint density at radius 1 is 1.60 bits per heavy atom. The van der Waals surface area contributed by atoms with E-state index in [0.29, 0.717) is 8.67 Å². The minimum atomic E-state index is -0.0313. The lowest BCUT2D eigenvalue weighted by molar-refractivity contribution is 0.823. The third kappa shape index (κ3) is 1.64. The quantitative estimate of drug-likeness (QED) is 0.733. The summed E-state index contributed by atoms with van der Waals surface area (Å²) < 4.78 is 1.39. The number of nitrogens with two attached hydrogens (primary N) is 1. The van der Waals surface area contributed by atoms with Crippen molar-refractivity contribution in [3.05, 3.63) is 20.3 Å². The summed E-state index contributed by atoms with van der Waals surface area (Å²) in [6.07, 6.45) is 0. The zero-order chi connectivity index (χ0) is 7.72.